The maximum absolute atomic E-state index is 13.2. The molecule has 34 heavy (non-hydrogen) atoms. The van der Waals surface area contributed by atoms with Gasteiger partial charge in [-0.2, -0.15) is 0 Å². The molecule has 0 aromatic heterocycles. The average Bonchev–Trinajstić information content (AvgIpc) is 3.52. The van der Waals surface area contributed by atoms with Crippen molar-refractivity contribution in [3.63, 3.8) is 0 Å². The van der Waals surface area contributed by atoms with Crippen LogP contribution >= 0.6 is 0 Å². The van der Waals surface area contributed by atoms with Crippen molar-refractivity contribution < 1.29 is 28.9 Å². The number of Topliss-reactive ketones (excluding diaryl/α,β-unsaturated/α-hetero) is 1. The van der Waals surface area contributed by atoms with Gasteiger partial charge in [-0.25, -0.2) is 0 Å². The summed E-state index contributed by atoms with van der Waals surface area (Å²) in [5.74, 6) is -1.06. The first-order valence-corrected chi connectivity index (χ1v) is 10.9. The zero-order valence-corrected chi connectivity index (χ0v) is 18.5. The zero-order chi connectivity index (χ0) is 23.7. The van der Waals surface area contributed by atoms with E-state index in [1.165, 1.54) is 4.90 Å². The van der Waals surface area contributed by atoms with Gasteiger partial charge in [0, 0.05) is 16.8 Å². The van der Waals surface area contributed by atoms with Crippen LogP contribution in [0.4, 0.5) is 5.69 Å². The summed E-state index contributed by atoms with van der Waals surface area (Å²) < 4.78 is 16.3. The third-order valence-corrected chi connectivity index (χ3v) is 5.99. The third-order valence-electron chi connectivity index (χ3n) is 5.99. The number of hydrogen-bond donors (Lipinski definition) is 1. The second kappa shape index (κ2) is 9.13. The Morgan fingerprint density at radius 3 is 2.15 bits per heavy atom. The number of aliphatic hydroxyl groups excluding tert-OH is 1. The summed E-state index contributed by atoms with van der Waals surface area (Å²) in [6.45, 7) is 1.06. The van der Waals surface area contributed by atoms with Crippen LogP contribution in [-0.2, 0) is 19.1 Å². The Bertz CT molecular complexity index is 1230. The Labute approximate surface area is 196 Å². The van der Waals surface area contributed by atoms with Gasteiger partial charge >= 0.3 is 0 Å². The Morgan fingerprint density at radius 1 is 0.882 bits per heavy atom. The molecule has 7 nitrogen and oxygen atoms in total. The van der Waals surface area contributed by atoms with Gasteiger partial charge in [0.1, 0.15) is 11.5 Å². The normalized spacial score (nSPS) is 20.1. The maximum Gasteiger partial charge on any atom is 0.300 e. The van der Waals surface area contributed by atoms with Crippen molar-refractivity contribution in [2.24, 2.45) is 0 Å². The Hall–Kier alpha value is -3.94. The molecule has 2 aliphatic heterocycles. The number of hydrogen-bond acceptors (Lipinski definition) is 6. The number of ketones is 1. The van der Waals surface area contributed by atoms with Gasteiger partial charge in [0.05, 0.1) is 31.9 Å². The number of methoxy groups -OCH3 is 1. The molecule has 2 saturated heterocycles. The molecule has 0 radical (unpaired) electrons. The molecule has 0 spiro atoms. The van der Waals surface area contributed by atoms with Crippen LogP contribution in [0.1, 0.15) is 29.0 Å². The van der Waals surface area contributed by atoms with E-state index >= 15 is 0 Å². The van der Waals surface area contributed by atoms with Gasteiger partial charge < -0.3 is 19.3 Å². The van der Waals surface area contributed by atoms with E-state index in [9.17, 15) is 14.7 Å². The quantitative estimate of drug-likeness (QED) is 0.348. The van der Waals surface area contributed by atoms with Gasteiger partial charge in [-0.05, 0) is 42.0 Å². The van der Waals surface area contributed by atoms with E-state index in [0.717, 1.165) is 5.56 Å². The molecule has 5 rings (SSSR count). The van der Waals surface area contributed by atoms with Crippen molar-refractivity contribution in [3.05, 3.63) is 101 Å². The highest BCUT2D eigenvalue weighted by atomic mass is 16.7. The van der Waals surface area contributed by atoms with Crippen molar-refractivity contribution >= 4 is 23.1 Å². The summed E-state index contributed by atoms with van der Waals surface area (Å²) in [5, 5.41) is 11.2. The van der Waals surface area contributed by atoms with E-state index in [1.807, 2.05) is 42.5 Å². The number of carbonyl (C=O) groups excluding carboxylic acids is 2. The summed E-state index contributed by atoms with van der Waals surface area (Å²) >= 11 is 0. The van der Waals surface area contributed by atoms with Crippen molar-refractivity contribution in [3.8, 4) is 5.75 Å². The summed E-state index contributed by atoms with van der Waals surface area (Å²) in [7, 11) is 1.55. The van der Waals surface area contributed by atoms with Gasteiger partial charge in [0.15, 0.2) is 6.29 Å². The highest BCUT2D eigenvalue weighted by Crippen LogP contribution is 2.42. The van der Waals surface area contributed by atoms with Crippen LogP contribution < -0.4 is 9.64 Å². The topological polar surface area (TPSA) is 85.3 Å². The van der Waals surface area contributed by atoms with E-state index in [2.05, 4.69) is 0 Å². The van der Waals surface area contributed by atoms with Crippen LogP contribution in [0.3, 0.4) is 0 Å². The van der Waals surface area contributed by atoms with Crippen molar-refractivity contribution in [2.45, 2.75) is 12.3 Å². The number of rotatable bonds is 5. The second-order valence-corrected chi connectivity index (χ2v) is 7.97. The molecular formula is C27H23NO6. The smallest absolute Gasteiger partial charge is 0.300 e. The predicted octanol–water partition coefficient (Wildman–Crippen LogP) is 4.37. The van der Waals surface area contributed by atoms with E-state index in [1.54, 1.807) is 43.5 Å². The summed E-state index contributed by atoms with van der Waals surface area (Å²) in [6.07, 6.45) is -0.440. The average molecular weight is 457 g/mol. The maximum atomic E-state index is 13.2. The van der Waals surface area contributed by atoms with Gasteiger partial charge in [-0.3, -0.25) is 14.5 Å². The fourth-order valence-corrected chi connectivity index (χ4v) is 4.30. The van der Waals surface area contributed by atoms with Crippen LogP contribution in [-0.4, -0.2) is 37.1 Å². The first-order chi connectivity index (χ1) is 16.6. The monoisotopic (exact) mass is 457 g/mol. The number of benzene rings is 3. The molecule has 0 bridgehead atoms. The van der Waals surface area contributed by atoms with Gasteiger partial charge in [-0.15, -0.1) is 0 Å². The molecule has 2 heterocycles. The standard InChI is InChI=1S/C27H23NO6/c1-32-21-13-9-18(10-14-21)24(29)22-23(17-5-3-2-4-6-17)28(26(31)25(22)30)20-11-7-19(8-12-20)27-33-15-16-34-27/h2-14,23,27,29H,15-16H2,1H3/b24-22-. The summed E-state index contributed by atoms with van der Waals surface area (Å²) in [6, 6.07) is 22.2. The molecule has 1 N–H and O–H groups in total. The lowest BCUT2D eigenvalue weighted by Crippen LogP contribution is -2.29. The Kier molecular flexibility index (Phi) is 5.88. The number of aliphatic hydroxyl groups is 1. The molecule has 0 aliphatic carbocycles. The molecule has 2 aliphatic rings. The number of carbonyl (C=O) groups is 2. The van der Waals surface area contributed by atoms with Crippen molar-refractivity contribution in [1.29, 1.82) is 0 Å². The van der Waals surface area contributed by atoms with Crippen molar-refractivity contribution in [1.82, 2.24) is 0 Å². The molecule has 0 saturated carbocycles. The number of nitrogens with zero attached hydrogens (tertiary/aromatic N) is 1. The Balaban J connectivity index is 1.60. The van der Waals surface area contributed by atoms with E-state index in [-0.39, 0.29) is 11.3 Å². The van der Waals surface area contributed by atoms with Crippen LogP contribution in [0.2, 0.25) is 0 Å². The fraction of sp³-hybridized carbons (Fsp3) is 0.185. The van der Waals surface area contributed by atoms with Crippen molar-refractivity contribution in [2.75, 3.05) is 25.2 Å². The minimum atomic E-state index is -0.784. The highest BCUT2D eigenvalue weighted by Gasteiger charge is 2.47. The van der Waals surface area contributed by atoms with Crippen LogP contribution in [0.5, 0.6) is 5.75 Å². The van der Waals surface area contributed by atoms with Gasteiger partial charge in [-0.1, -0.05) is 42.5 Å². The molecular weight excluding hydrogens is 434 g/mol. The highest BCUT2D eigenvalue weighted by molar-refractivity contribution is 6.51. The molecule has 3 aromatic rings. The minimum absolute atomic E-state index is 0.0351. The lowest BCUT2D eigenvalue weighted by atomic mass is 9.95. The largest absolute Gasteiger partial charge is 0.507 e. The number of ether oxygens (including phenoxy) is 3. The van der Waals surface area contributed by atoms with Crippen LogP contribution in [0.15, 0.2) is 84.4 Å². The molecule has 1 amide bonds. The SMILES string of the molecule is COc1ccc(/C(O)=C2/C(=O)C(=O)N(c3ccc(C4OCCO4)cc3)C2c2ccccc2)cc1. The Morgan fingerprint density at radius 2 is 1.53 bits per heavy atom. The molecule has 1 atom stereocenters. The first kappa shape index (κ1) is 21.9. The molecule has 2 fully saturated rings. The van der Waals surface area contributed by atoms with E-state index in [4.69, 9.17) is 14.2 Å². The molecule has 1 unspecified atom stereocenters. The van der Waals surface area contributed by atoms with Gasteiger partial charge in [0.25, 0.3) is 11.7 Å². The molecule has 3 aromatic carbocycles. The number of anilines is 1. The summed E-state index contributed by atoms with van der Waals surface area (Å²) in [5.41, 5.74) is 2.53. The zero-order valence-electron chi connectivity index (χ0n) is 18.5. The minimum Gasteiger partial charge on any atom is -0.507 e. The van der Waals surface area contributed by atoms with Gasteiger partial charge in [0.2, 0.25) is 0 Å². The third kappa shape index (κ3) is 3.85. The van der Waals surface area contributed by atoms with Crippen LogP contribution in [0, 0.1) is 0 Å². The lowest BCUT2D eigenvalue weighted by molar-refractivity contribution is -0.132. The molecule has 172 valence electrons. The van der Waals surface area contributed by atoms with E-state index < -0.39 is 24.0 Å². The number of amides is 1. The summed E-state index contributed by atoms with van der Waals surface area (Å²) in [4.78, 5) is 27.9. The van der Waals surface area contributed by atoms with Crippen LogP contribution in [0.25, 0.3) is 5.76 Å². The lowest BCUT2D eigenvalue weighted by Gasteiger charge is -2.25. The molecule has 7 heteroatoms. The fourth-order valence-electron chi connectivity index (χ4n) is 4.30. The van der Waals surface area contributed by atoms with E-state index in [0.29, 0.717) is 35.8 Å². The second-order valence-electron chi connectivity index (χ2n) is 7.97. The first-order valence-electron chi connectivity index (χ1n) is 10.9. The predicted molar refractivity (Wildman–Crippen MR) is 125 cm³/mol.